The molecule has 15 heteroatoms. The Morgan fingerprint density at radius 1 is 0.776 bits per heavy atom. The van der Waals surface area contributed by atoms with E-state index in [1.165, 1.54) is 16.2 Å². The van der Waals surface area contributed by atoms with Gasteiger partial charge in [-0.2, -0.15) is 9.32 Å². The Balaban J connectivity index is 0.000000171. The maximum absolute atomic E-state index is 12.6. The fourth-order valence-corrected chi connectivity index (χ4v) is 5.34. The van der Waals surface area contributed by atoms with Crippen LogP contribution in [0.1, 0.15) is 12.8 Å². The summed E-state index contributed by atoms with van der Waals surface area (Å²) in [4.78, 5) is 46.9. The molecule has 0 unspecified atom stereocenters. The quantitative estimate of drug-likeness (QED) is 0.0894. The van der Waals surface area contributed by atoms with Crippen LogP contribution < -0.4 is 25.9 Å². The lowest BCUT2D eigenvalue weighted by Crippen LogP contribution is -2.29. The fourth-order valence-electron chi connectivity index (χ4n) is 4.99. The van der Waals surface area contributed by atoms with Crippen molar-refractivity contribution in [3.8, 4) is 23.0 Å². The van der Waals surface area contributed by atoms with Crippen molar-refractivity contribution in [2.45, 2.75) is 24.0 Å². The number of anilines is 1. The summed E-state index contributed by atoms with van der Waals surface area (Å²) in [5, 5.41) is 5.09. The highest BCUT2D eigenvalue weighted by Crippen LogP contribution is 2.24. The molecular weight excluding hydrogens is 650 g/mol. The molecule has 0 bridgehead atoms. The topological polar surface area (TPSA) is 154 Å². The number of pyridine rings is 2. The Morgan fingerprint density at radius 3 is 1.86 bits per heavy atom. The third kappa shape index (κ3) is 8.21. The summed E-state index contributed by atoms with van der Waals surface area (Å²) >= 11 is 0.866. The second kappa shape index (κ2) is 15.7. The maximum Gasteiger partial charge on any atom is 0.294 e. The predicted molar refractivity (Wildman–Crippen MR) is 184 cm³/mol. The molecule has 1 aliphatic rings. The van der Waals surface area contributed by atoms with Crippen LogP contribution in [0.25, 0.3) is 22.1 Å². The van der Waals surface area contributed by atoms with Gasteiger partial charge in [-0.1, -0.05) is 36.4 Å². The molecule has 0 atom stereocenters. The first kappa shape index (κ1) is 33.5. The van der Waals surface area contributed by atoms with E-state index in [0.717, 1.165) is 43.5 Å². The second-order valence-corrected chi connectivity index (χ2v) is 11.5. The highest BCUT2D eigenvalue weighted by Gasteiger charge is 2.17. The molecule has 14 nitrogen and oxygen atoms in total. The van der Waals surface area contributed by atoms with Gasteiger partial charge in [-0.25, -0.2) is 19.8 Å². The van der Waals surface area contributed by atoms with E-state index >= 15 is 0 Å². The first-order valence-corrected chi connectivity index (χ1v) is 16.0. The normalized spacial score (nSPS) is 13.1. The Bertz CT molecular complexity index is 2160. The molecule has 0 spiro atoms. The summed E-state index contributed by atoms with van der Waals surface area (Å²) in [5.41, 5.74) is 0.522. The Hall–Kier alpha value is -5.35. The van der Waals surface area contributed by atoms with Crippen LogP contribution in [0.4, 0.5) is 5.95 Å². The molecule has 0 amide bonds. The number of hydrogen-bond acceptors (Lipinski definition) is 13. The Morgan fingerprint density at radius 2 is 1.31 bits per heavy atom. The van der Waals surface area contributed by atoms with Crippen molar-refractivity contribution in [2.24, 2.45) is 14.1 Å². The predicted octanol–water partition coefficient (Wildman–Crippen LogP) is 5.42. The molecule has 1 fully saturated rings. The molecule has 1 N–H and O–H groups in total. The van der Waals surface area contributed by atoms with E-state index in [2.05, 4.69) is 30.1 Å². The van der Waals surface area contributed by atoms with Gasteiger partial charge in [-0.3, -0.25) is 18.7 Å². The van der Waals surface area contributed by atoms with Crippen LogP contribution in [0.2, 0.25) is 0 Å². The minimum atomic E-state index is -0.288. The lowest BCUT2D eigenvalue weighted by atomic mass is 10.1. The van der Waals surface area contributed by atoms with Gasteiger partial charge in [-0.15, -0.1) is 0 Å². The van der Waals surface area contributed by atoms with E-state index in [4.69, 9.17) is 18.5 Å². The van der Waals surface area contributed by atoms with Crippen molar-refractivity contribution < 1.29 is 23.4 Å². The zero-order chi connectivity index (χ0) is 34.2. The van der Waals surface area contributed by atoms with Crippen molar-refractivity contribution in [3.63, 3.8) is 0 Å². The molecule has 0 saturated carbocycles. The standard InChI is InChI=1S/C19H20N4O3.C15H13N3O4S/c1-23-17-13(11-16(18(23)24)26-15-5-3-2-4-6-15)12-20-19(22-17)21-14-7-9-25-10-8-14;1-18-13-10(9-16-15(17-13)23-22-20-2)8-12(14(18)19)21-11-6-4-3-5-7-11/h2-6,11-12,14H,7-10H2,1H3,(H,20,21,22);3-9H,1-2H3. The monoisotopic (exact) mass is 683 g/mol. The van der Waals surface area contributed by atoms with Gasteiger partial charge in [-0.05, 0) is 49.2 Å². The molecule has 49 heavy (non-hydrogen) atoms. The largest absolute Gasteiger partial charge is 0.452 e. The van der Waals surface area contributed by atoms with E-state index in [0.29, 0.717) is 45.3 Å². The zero-order valence-corrected chi connectivity index (χ0v) is 27.8. The molecule has 7 rings (SSSR count). The summed E-state index contributed by atoms with van der Waals surface area (Å²) < 4.78 is 24.4. The number of rotatable bonds is 9. The van der Waals surface area contributed by atoms with E-state index in [1.807, 2.05) is 36.4 Å². The summed E-state index contributed by atoms with van der Waals surface area (Å²) in [6.45, 7) is 1.48. The van der Waals surface area contributed by atoms with E-state index < -0.39 is 0 Å². The van der Waals surface area contributed by atoms with Crippen LogP contribution in [0.15, 0.2) is 99.9 Å². The molecule has 252 valence electrons. The van der Waals surface area contributed by atoms with Crippen molar-refractivity contribution in [3.05, 3.63) is 106 Å². The van der Waals surface area contributed by atoms with Gasteiger partial charge in [0, 0.05) is 56.5 Å². The summed E-state index contributed by atoms with van der Waals surface area (Å²) in [7, 11) is 4.70. The van der Waals surface area contributed by atoms with Gasteiger partial charge in [0.15, 0.2) is 11.5 Å². The van der Waals surface area contributed by atoms with Gasteiger partial charge >= 0.3 is 0 Å². The first-order chi connectivity index (χ1) is 23.9. The number of hydrogen-bond donors (Lipinski definition) is 1. The van der Waals surface area contributed by atoms with Crippen LogP contribution in [0.5, 0.6) is 23.0 Å². The van der Waals surface area contributed by atoms with Gasteiger partial charge in [0.05, 0.1) is 7.11 Å². The summed E-state index contributed by atoms with van der Waals surface area (Å²) in [6.07, 6.45) is 5.15. The Kier molecular flexibility index (Phi) is 10.7. The van der Waals surface area contributed by atoms with Gasteiger partial charge < -0.3 is 19.5 Å². The number of fused-ring (bicyclic) bond motifs is 2. The minimum absolute atomic E-state index is 0.211. The van der Waals surface area contributed by atoms with Gasteiger partial charge in [0.25, 0.3) is 11.1 Å². The number of ether oxygens (including phenoxy) is 3. The highest BCUT2D eigenvalue weighted by molar-refractivity contribution is 7.94. The average Bonchev–Trinajstić information content (AvgIpc) is 3.14. The van der Waals surface area contributed by atoms with E-state index in [9.17, 15) is 9.59 Å². The fraction of sp³-hybridized carbons (Fsp3) is 0.235. The third-order valence-corrected chi connectivity index (χ3v) is 8.03. The molecule has 1 saturated heterocycles. The summed E-state index contributed by atoms with van der Waals surface area (Å²) in [5.74, 6) is 2.19. The molecule has 6 aromatic rings. The van der Waals surface area contributed by atoms with Crippen LogP contribution in [0, 0.1) is 0 Å². The van der Waals surface area contributed by atoms with E-state index in [1.54, 1.807) is 62.9 Å². The van der Waals surface area contributed by atoms with Gasteiger partial charge in [0.2, 0.25) is 11.1 Å². The number of nitrogens with zero attached hydrogens (tertiary/aromatic N) is 6. The summed E-state index contributed by atoms with van der Waals surface area (Å²) in [6, 6.07) is 21.9. The maximum atomic E-state index is 12.6. The lowest BCUT2D eigenvalue weighted by molar-refractivity contribution is -0.160. The number of para-hydroxylation sites is 2. The van der Waals surface area contributed by atoms with Crippen molar-refractivity contribution >= 4 is 40.1 Å². The number of aromatic nitrogens is 6. The molecule has 1 aliphatic heterocycles. The first-order valence-electron chi connectivity index (χ1n) is 15.3. The highest BCUT2D eigenvalue weighted by atomic mass is 32.2. The smallest absolute Gasteiger partial charge is 0.294 e. The number of nitrogens with one attached hydrogen (secondary N) is 1. The SMILES string of the molecule is COOSc1ncc2cc(Oc3ccccc3)c(=O)n(C)c2n1.Cn1c(=O)c(Oc2ccccc2)cc2cnc(NC3CCOCC3)nc21. The number of aryl methyl sites for hydroxylation is 2. The Labute approximate surface area is 284 Å². The minimum Gasteiger partial charge on any atom is -0.452 e. The van der Waals surface area contributed by atoms with Crippen molar-refractivity contribution in [2.75, 3.05) is 25.6 Å². The molecule has 2 aromatic carbocycles. The zero-order valence-electron chi connectivity index (χ0n) is 26.9. The van der Waals surface area contributed by atoms with Gasteiger partial charge in [0.1, 0.15) is 34.8 Å². The van der Waals surface area contributed by atoms with Crippen LogP contribution in [-0.2, 0) is 28.1 Å². The van der Waals surface area contributed by atoms with Crippen molar-refractivity contribution in [1.29, 1.82) is 0 Å². The lowest BCUT2D eigenvalue weighted by Gasteiger charge is -2.23. The molecule has 0 radical (unpaired) electrons. The third-order valence-electron chi connectivity index (χ3n) is 7.48. The van der Waals surface area contributed by atoms with Crippen LogP contribution in [0.3, 0.4) is 0 Å². The molecule has 4 aromatic heterocycles. The average molecular weight is 684 g/mol. The molecule has 5 heterocycles. The second-order valence-electron chi connectivity index (χ2n) is 10.8. The van der Waals surface area contributed by atoms with E-state index in [-0.39, 0.29) is 22.6 Å². The number of benzene rings is 2. The van der Waals surface area contributed by atoms with Crippen molar-refractivity contribution in [1.82, 2.24) is 29.1 Å². The molecular formula is C34H33N7O7S. The van der Waals surface area contributed by atoms with Crippen LogP contribution >= 0.6 is 12.0 Å². The van der Waals surface area contributed by atoms with Crippen LogP contribution in [-0.4, -0.2) is 55.4 Å². The molecule has 0 aliphatic carbocycles.